The predicted molar refractivity (Wildman–Crippen MR) is 161 cm³/mol. The molecule has 0 fully saturated rings. The van der Waals surface area contributed by atoms with Crippen molar-refractivity contribution < 1.29 is 14.2 Å². The Morgan fingerprint density at radius 2 is 1.84 bits per heavy atom. The van der Waals surface area contributed by atoms with Crippen molar-refractivity contribution in [3.63, 3.8) is 0 Å². The van der Waals surface area contributed by atoms with E-state index in [9.17, 15) is 9.59 Å². The van der Waals surface area contributed by atoms with Gasteiger partial charge in [0.25, 0.3) is 0 Å². The summed E-state index contributed by atoms with van der Waals surface area (Å²) >= 11 is 0. The second kappa shape index (κ2) is 12.0. The maximum absolute atomic E-state index is 13.4. The van der Waals surface area contributed by atoms with E-state index < -0.39 is 6.04 Å². The lowest BCUT2D eigenvalue weighted by Crippen LogP contribution is -2.37. The Balaban J connectivity index is 1.16. The van der Waals surface area contributed by atoms with E-state index in [-0.39, 0.29) is 24.7 Å². The second-order valence-electron chi connectivity index (χ2n) is 9.97. The van der Waals surface area contributed by atoms with Gasteiger partial charge in [-0.2, -0.15) is 5.26 Å². The van der Waals surface area contributed by atoms with E-state index >= 15 is 0 Å². The van der Waals surface area contributed by atoms with E-state index in [1.54, 1.807) is 28.8 Å². The molecule has 1 amide bonds. The topological polar surface area (TPSA) is 181 Å². The summed E-state index contributed by atoms with van der Waals surface area (Å²) in [6.07, 6.45) is 2.52. The number of amides is 1. The highest BCUT2D eigenvalue weighted by atomic mass is 16.6. The van der Waals surface area contributed by atoms with Gasteiger partial charge in [0, 0.05) is 34.9 Å². The second-order valence-corrected chi connectivity index (χ2v) is 9.97. The van der Waals surface area contributed by atoms with E-state index in [1.165, 1.54) is 0 Å². The number of nitrogens with two attached hydrogens (primary N) is 1. The van der Waals surface area contributed by atoms with Crippen molar-refractivity contribution in [3.05, 3.63) is 90.1 Å². The fourth-order valence-corrected chi connectivity index (χ4v) is 4.94. The van der Waals surface area contributed by atoms with Crippen LogP contribution in [-0.4, -0.2) is 49.1 Å². The Bertz CT molecular complexity index is 1960. The molecule has 3 aromatic heterocycles. The lowest BCUT2D eigenvalue weighted by molar-refractivity contribution is -0.117. The summed E-state index contributed by atoms with van der Waals surface area (Å²) in [5, 5.41) is 23.7. The molecule has 12 heteroatoms. The molecule has 0 spiro atoms. The monoisotopic (exact) mass is 573 g/mol. The van der Waals surface area contributed by atoms with Crippen LogP contribution in [0.25, 0.3) is 33.5 Å². The number of hydrogen-bond donors (Lipinski definition) is 4. The molecule has 0 saturated carbocycles. The van der Waals surface area contributed by atoms with Gasteiger partial charge in [0.15, 0.2) is 17.3 Å². The summed E-state index contributed by atoms with van der Waals surface area (Å²) in [5.41, 5.74) is 10.9. The SMILES string of the molecule is N#CCCNc1nonc1-c1nc2ccccc2n1CC(=O)c1ccc(NC(=O)C(N)Cc2c[nH]c3ccccc23)cc1. The maximum Gasteiger partial charge on any atom is 0.241 e. The van der Waals surface area contributed by atoms with Crippen molar-refractivity contribution >= 4 is 45.1 Å². The minimum absolute atomic E-state index is 0.0262. The van der Waals surface area contributed by atoms with Crippen LogP contribution in [0.15, 0.2) is 83.6 Å². The molecule has 3 heterocycles. The predicted octanol–water partition coefficient (Wildman–Crippen LogP) is 4.28. The number of ketones is 1. The number of aromatic nitrogens is 5. The first kappa shape index (κ1) is 27.4. The van der Waals surface area contributed by atoms with Gasteiger partial charge in [-0.05, 0) is 64.8 Å². The van der Waals surface area contributed by atoms with E-state index in [2.05, 4.69) is 37.0 Å². The highest BCUT2D eigenvalue weighted by Crippen LogP contribution is 2.28. The number of nitrogens with one attached hydrogen (secondary N) is 3. The van der Waals surface area contributed by atoms with Gasteiger partial charge in [-0.3, -0.25) is 9.59 Å². The Morgan fingerprint density at radius 3 is 2.67 bits per heavy atom. The molecule has 0 saturated heterocycles. The summed E-state index contributed by atoms with van der Waals surface area (Å²) < 4.78 is 6.71. The molecule has 6 rings (SSSR count). The number of imidazole rings is 1. The summed E-state index contributed by atoms with van der Waals surface area (Å²) in [7, 11) is 0. The molecule has 43 heavy (non-hydrogen) atoms. The third-order valence-corrected chi connectivity index (χ3v) is 7.11. The number of H-pyrrole nitrogens is 1. The summed E-state index contributed by atoms with van der Waals surface area (Å²) in [5.74, 6) is 0.249. The highest BCUT2D eigenvalue weighted by molar-refractivity contribution is 5.99. The lowest BCUT2D eigenvalue weighted by Gasteiger charge is -2.13. The summed E-state index contributed by atoms with van der Waals surface area (Å²) in [6, 6.07) is 23.3. The van der Waals surface area contributed by atoms with Crippen LogP contribution < -0.4 is 16.4 Å². The van der Waals surface area contributed by atoms with E-state index in [0.29, 0.717) is 47.1 Å². The zero-order valence-corrected chi connectivity index (χ0v) is 22.9. The third-order valence-electron chi connectivity index (χ3n) is 7.11. The van der Waals surface area contributed by atoms with Gasteiger partial charge >= 0.3 is 0 Å². The normalized spacial score (nSPS) is 11.8. The van der Waals surface area contributed by atoms with Gasteiger partial charge in [-0.15, -0.1) is 0 Å². The zero-order valence-electron chi connectivity index (χ0n) is 22.9. The Kier molecular flexibility index (Phi) is 7.62. The van der Waals surface area contributed by atoms with Crippen molar-refractivity contribution in [2.24, 2.45) is 5.73 Å². The first-order valence-electron chi connectivity index (χ1n) is 13.7. The molecular weight excluding hydrogens is 546 g/mol. The average Bonchev–Trinajstić information content (AvgIpc) is 3.75. The fraction of sp³-hybridized carbons (Fsp3) is 0.161. The lowest BCUT2D eigenvalue weighted by atomic mass is 10.0. The molecule has 0 bridgehead atoms. The van der Waals surface area contributed by atoms with Crippen LogP contribution in [0.2, 0.25) is 0 Å². The molecule has 0 aliphatic rings. The van der Waals surface area contributed by atoms with Crippen molar-refractivity contribution in [1.82, 2.24) is 24.8 Å². The van der Waals surface area contributed by atoms with Gasteiger partial charge in [0.1, 0.15) is 0 Å². The van der Waals surface area contributed by atoms with Crippen molar-refractivity contribution in [2.75, 3.05) is 17.2 Å². The van der Waals surface area contributed by atoms with Crippen molar-refractivity contribution in [1.29, 1.82) is 5.26 Å². The molecular formula is C31H27N9O3. The summed E-state index contributed by atoms with van der Waals surface area (Å²) in [6.45, 7) is 0.329. The zero-order chi connectivity index (χ0) is 29.8. The number of rotatable bonds is 11. The minimum atomic E-state index is -0.751. The third kappa shape index (κ3) is 5.70. The van der Waals surface area contributed by atoms with Crippen LogP contribution in [0.3, 0.4) is 0 Å². The Hall–Kier alpha value is -5.80. The summed E-state index contributed by atoms with van der Waals surface area (Å²) in [4.78, 5) is 34.1. The van der Waals surface area contributed by atoms with Crippen LogP contribution >= 0.6 is 0 Å². The molecule has 0 aliphatic carbocycles. The molecule has 0 radical (unpaired) electrons. The largest absolute Gasteiger partial charge is 0.364 e. The number of Topliss-reactive ketones (excluding diaryl/α,β-unsaturated/α-hetero) is 1. The number of hydrogen-bond acceptors (Lipinski definition) is 9. The smallest absolute Gasteiger partial charge is 0.241 e. The maximum atomic E-state index is 13.4. The first-order valence-corrected chi connectivity index (χ1v) is 13.7. The Labute approximate surface area is 245 Å². The van der Waals surface area contributed by atoms with Crippen LogP contribution in [-0.2, 0) is 17.8 Å². The highest BCUT2D eigenvalue weighted by Gasteiger charge is 2.23. The number of para-hydroxylation sites is 3. The number of anilines is 2. The van der Waals surface area contributed by atoms with Crippen LogP contribution in [0.4, 0.5) is 11.5 Å². The number of nitriles is 1. The van der Waals surface area contributed by atoms with Gasteiger partial charge in [0.05, 0.1) is 36.1 Å². The quantitative estimate of drug-likeness (QED) is 0.130. The average molecular weight is 574 g/mol. The van der Waals surface area contributed by atoms with Gasteiger partial charge in [0.2, 0.25) is 11.7 Å². The number of carbonyl (C=O) groups excluding carboxylic acids is 2. The molecule has 12 nitrogen and oxygen atoms in total. The Morgan fingerprint density at radius 1 is 1.05 bits per heavy atom. The molecule has 214 valence electrons. The van der Waals surface area contributed by atoms with Crippen LogP contribution in [0.1, 0.15) is 22.3 Å². The number of carbonyl (C=O) groups is 2. The number of aromatic amines is 1. The number of benzene rings is 3. The molecule has 6 aromatic rings. The molecule has 1 atom stereocenters. The van der Waals surface area contributed by atoms with E-state index in [1.807, 2.05) is 54.7 Å². The molecule has 3 aromatic carbocycles. The van der Waals surface area contributed by atoms with Crippen molar-refractivity contribution in [2.45, 2.75) is 25.4 Å². The molecule has 0 aliphatic heterocycles. The van der Waals surface area contributed by atoms with Crippen LogP contribution in [0, 0.1) is 11.3 Å². The number of fused-ring (bicyclic) bond motifs is 2. The standard InChI is InChI=1S/C31H27N9O3/c32-14-5-15-34-29-28(38-43-39-29)30-37-25-8-3-4-9-26(25)40(30)18-27(41)19-10-12-21(13-11-19)36-31(42)23(33)16-20-17-35-24-7-2-1-6-22(20)24/h1-4,6-13,17,23,35H,5,15-16,18,33H2,(H,34,39)(H,36,42). The van der Waals surface area contributed by atoms with Gasteiger partial charge in [-0.1, -0.05) is 30.3 Å². The van der Waals surface area contributed by atoms with E-state index in [0.717, 1.165) is 22.0 Å². The number of nitrogens with zero attached hydrogens (tertiary/aromatic N) is 5. The molecule has 5 N–H and O–H groups in total. The fourth-order valence-electron chi connectivity index (χ4n) is 4.94. The molecule has 1 unspecified atom stereocenters. The van der Waals surface area contributed by atoms with Crippen LogP contribution in [0.5, 0.6) is 0 Å². The van der Waals surface area contributed by atoms with Gasteiger partial charge < -0.3 is 25.9 Å². The minimum Gasteiger partial charge on any atom is -0.364 e. The first-order chi connectivity index (χ1) is 21.0. The van der Waals surface area contributed by atoms with Gasteiger partial charge in [-0.25, -0.2) is 9.61 Å². The van der Waals surface area contributed by atoms with E-state index in [4.69, 9.17) is 15.6 Å². The van der Waals surface area contributed by atoms with Crippen molar-refractivity contribution in [3.8, 4) is 17.6 Å².